The summed E-state index contributed by atoms with van der Waals surface area (Å²) < 4.78 is 0. The van der Waals surface area contributed by atoms with Crippen LogP contribution in [-0.2, 0) is 0 Å². The van der Waals surface area contributed by atoms with Gasteiger partial charge in [0.25, 0.3) is 0 Å². The van der Waals surface area contributed by atoms with Crippen LogP contribution in [0.2, 0.25) is 0 Å². The predicted octanol–water partition coefficient (Wildman–Crippen LogP) is 3.25. The molecule has 0 aromatic rings. The van der Waals surface area contributed by atoms with Crippen LogP contribution in [0.1, 0.15) is 46.5 Å². The molecule has 0 radical (unpaired) electrons. The molecule has 0 aromatic heterocycles. The maximum absolute atomic E-state index is 4.64. The number of hydrogen-bond donors (Lipinski definition) is 2. The van der Waals surface area contributed by atoms with Gasteiger partial charge in [-0.05, 0) is 56.3 Å². The van der Waals surface area contributed by atoms with Gasteiger partial charge in [0, 0.05) is 19.6 Å². The summed E-state index contributed by atoms with van der Waals surface area (Å²) in [6, 6.07) is 0. The van der Waals surface area contributed by atoms with Crippen molar-refractivity contribution in [1.29, 1.82) is 0 Å². The lowest BCUT2D eigenvalue weighted by Gasteiger charge is -2.19. The van der Waals surface area contributed by atoms with Crippen LogP contribution in [0.25, 0.3) is 0 Å². The summed E-state index contributed by atoms with van der Waals surface area (Å²) in [7, 11) is 0. The maximum Gasteiger partial charge on any atom is 0.191 e. The summed E-state index contributed by atoms with van der Waals surface area (Å²) in [5, 5.41) is 6.91. The van der Waals surface area contributed by atoms with Crippen LogP contribution < -0.4 is 10.6 Å². The largest absolute Gasteiger partial charge is 0.357 e. The zero-order valence-electron chi connectivity index (χ0n) is 12.6. The molecule has 3 nitrogen and oxygen atoms in total. The van der Waals surface area contributed by atoms with Gasteiger partial charge in [-0.25, -0.2) is 0 Å². The summed E-state index contributed by atoms with van der Waals surface area (Å²) in [6.45, 7) is 9.54. The van der Waals surface area contributed by atoms with Crippen molar-refractivity contribution >= 4 is 29.9 Å². The second-order valence-corrected chi connectivity index (χ2v) is 6.33. The molecule has 0 saturated heterocycles. The summed E-state index contributed by atoms with van der Waals surface area (Å²) in [6.07, 6.45) is 5.84. The SMILES string of the molecule is CCNC(=NCC(C)C)NCC(C1CC1)C1CC1.I. The Kier molecular flexibility index (Phi) is 7.47. The molecule has 0 aliphatic heterocycles. The standard InChI is InChI=1S/C15H29N3.HI/c1-4-16-15(17-9-11(2)3)18-10-14(12-5-6-12)13-7-8-13;/h11-14H,4-10H2,1-3H3,(H2,16,17,18);1H. The second kappa shape index (κ2) is 8.32. The maximum atomic E-state index is 4.64. The van der Waals surface area contributed by atoms with Crippen molar-refractivity contribution in [1.82, 2.24) is 10.6 Å². The van der Waals surface area contributed by atoms with E-state index in [1.54, 1.807) is 0 Å². The molecule has 0 unspecified atom stereocenters. The number of guanidine groups is 1. The van der Waals surface area contributed by atoms with Gasteiger partial charge in [0.15, 0.2) is 5.96 Å². The Morgan fingerprint density at radius 3 is 2.11 bits per heavy atom. The van der Waals surface area contributed by atoms with E-state index in [9.17, 15) is 0 Å². The molecule has 2 N–H and O–H groups in total. The normalized spacial score (nSPS) is 19.5. The number of halogens is 1. The van der Waals surface area contributed by atoms with E-state index in [1.165, 1.54) is 25.7 Å². The third-order valence-electron chi connectivity index (χ3n) is 3.92. The third-order valence-corrected chi connectivity index (χ3v) is 3.92. The van der Waals surface area contributed by atoms with Crippen LogP contribution in [0, 0.1) is 23.7 Å². The van der Waals surface area contributed by atoms with E-state index in [4.69, 9.17) is 0 Å². The third kappa shape index (κ3) is 6.32. The minimum Gasteiger partial charge on any atom is -0.357 e. The Hall–Kier alpha value is 0. The molecule has 2 fully saturated rings. The van der Waals surface area contributed by atoms with Gasteiger partial charge in [0.2, 0.25) is 0 Å². The fraction of sp³-hybridized carbons (Fsp3) is 0.933. The van der Waals surface area contributed by atoms with E-state index in [1.807, 2.05) is 0 Å². The first-order valence-corrected chi connectivity index (χ1v) is 7.72. The molecule has 0 atom stereocenters. The molecule has 19 heavy (non-hydrogen) atoms. The molecule has 4 heteroatoms. The molecule has 2 aliphatic carbocycles. The van der Waals surface area contributed by atoms with E-state index >= 15 is 0 Å². The smallest absolute Gasteiger partial charge is 0.191 e. The lowest BCUT2D eigenvalue weighted by atomic mass is 9.98. The minimum absolute atomic E-state index is 0. The highest BCUT2D eigenvalue weighted by atomic mass is 127. The van der Waals surface area contributed by atoms with Crippen LogP contribution in [0.5, 0.6) is 0 Å². The Morgan fingerprint density at radius 2 is 1.68 bits per heavy atom. The highest BCUT2D eigenvalue weighted by Gasteiger charge is 2.41. The quantitative estimate of drug-likeness (QED) is 0.405. The lowest BCUT2D eigenvalue weighted by Crippen LogP contribution is -2.40. The topological polar surface area (TPSA) is 36.4 Å². The summed E-state index contributed by atoms with van der Waals surface area (Å²) in [5.41, 5.74) is 0. The van der Waals surface area contributed by atoms with Crippen molar-refractivity contribution < 1.29 is 0 Å². The highest BCUT2D eigenvalue weighted by molar-refractivity contribution is 14.0. The lowest BCUT2D eigenvalue weighted by molar-refractivity contribution is 0.400. The van der Waals surface area contributed by atoms with Crippen LogP contribution in [-0.4, -0.2) is 25.6 Å². The molecule has 0 spiro atoms. The van der Waals surface area contributed by atoms with Crippen molar-refractivity contribution in [3.05, 3.63) is 0 Å². The Balaban J connectivity index is 0.00000180. The van der Waals surface area contributed by atoms with E-state index in [-0.39, 0.29) is 24.0 Å². The number of hydrogen-bond acceptors (Lipinski definition) is 1. The van der Waals surface area contributed by atoms with Gasteiger partial charge in [-0.3, -0.25) is 4.99 Å². The first-order valence-electron chi connectivity index (χ1n) is 7.72. The van der Waals surface area contributed by atoms with Crippen LogP contribution in [0.4, 0.5) is 0 Å². The number of rotatable bonds is 7. The summed E-state index contributed by atoms with van der Waals surface area (Å²) in [4.78, 5) is 4.64. The molecule has 0 heterocycles. The van der Waals surface area contributed by atoms with Gasteiger partial charge in [0.1, 0.15) is 0 Å². The molecule has 2 aliphatic rings. The van der Waals surface area contributed by atoms with Gasteiger partial charge in [-0.15, -0.1) is 24.0 Å². The van der Waals surface area contributed by atoms with Crippen molar-refractivity contribution in [3.63, 3.8) is 0 Å². The van der Waals surface area contributed by atoms with Gasteiger partial charge in [-0.2, -0.15) is 0 Å². The molecule has 0 bridgehead atoms. The fourth-order valence-corrected chi connectivity index (χ4v) is 2.60. The molecule has 2 rings (SSSR count). The molecule has 0 aromatic carbocycles. The monoisotopic (exact) mass is 379 g/mol. The highest BCUT2D eigenvalue weighted by Crippen LogP contribution is 2.48. The Labute approximate surface area is 135 Å². The molecule has 0 amide bonds. The van der Waals surface area contributed by atoms with Crippen molar-refractivity contribution in [2.75, 3.05) is 19.6 Å². The van der Waals surface area contributed by atoms with E-state index < -0.39 is 0 Å². The van der Waals surface area contributed by atoms with Crippen molar-refractivity contribution in [2.24, 2.45) is 28.7 Å². The van der Waals surface area contributed by atoms with E-state index in [2.05, 4.69) is 36.4 Å². The Bertz CT molecular complexity index is 271. The first kappa shape index (κ1) is 17.1. The van der Waals surface area contributed by atoms with Gasteiger partial charge >= 0.3 is 0 Å². The van der Waals surface area contributed by atoms with Crippen LogP contribution >= 0.6 is 24.0 Å². The number of nitrogens with zero attached hydrogens (tertiary/aromatic N) is 1. The molecular weight excluding hydrogens is 349 g/mol. The fourth-order valence-electron chi connectivity index (χ4n) is 2.60. The van der Waals surface area contributed by atoms with Crippen molar-refractivity contribution in [2.45, 2.75) is 46.5 Å². The zero-order valence-corrected chi connectivity index (χ0v) is 14.9. The summed E-state index contributed by atoms with van der Waals surface area (Å²) in [5.74, 6) is 4.57. The second-order valence-electron chi connectivity index (χ2n) is 6.33. The Morgan fingerprint density at radius 1 is 1.11 bits per heavy atom. The molecular formula is C15H30IN3. The number of aliphatic imine (C=N–C) groups is 1. The van der Waals surface area contributed by atoms with Crippen LogP contribution in [0.15, 0.2) is 4.99 Å². The first-order chi connectivity index (χ1) is 8.70. The molecule has 112 valence electrons. The number of nitrogens with one attached hydrogen (secondary N) is 2. The summed E-state index contributed by atoms with van der Waals surface area (Å²) >= 11 is 0. The van der Waals surface area contributed by atoms with Crippen LogP contribution in [0.3, 0.4) is 0 Å². The molecule has 2 saturated carbocycles. The van der Waals surface area contributed by atoms with Gasteiger partial charge in [0.05, 0.1) is 0 Å². The zero-order chi connectivity index (χ0) is 13.0. The predicted molar refractivity (Wildman–Crippen MR) is 93.2 cm³/mol. The van der Waals surface area contributed by atoms with Gasteiger partial charge < -0.3 is 10.6 Å². The van der Waals surface area contributed by atoms with Gasteiger partial charge in [-0.1, -0.05) is 13.8 Å². The minimum atomic E-state index is 0. The van der Waals surface area contributed by atoms with E-state index in [0.29, 0.717) is 5.92 Å². The average molecular weight is 379 g/mol. The van der Waals surface area contributed by atoms with Crippen molar-refractivity contribution in [3.8, 4) is 0 Å². The average Bonchev–Trinajstić information content (AvgIpc) is 3.17. The van der Waals surface area contributed by atoms with E-state index in [0.717, 1.165) is 43.3 Å².